The number of rotatable bonds is 3. The van der Waals surface area contributed by atoms with Crippen LogP contribution in [0.5, 0.6) is 0 Å². The Hall–Kier alpha value is -0.340. The predicted molar refractivity (Wildman–Crippen MR) is 68.6 cm³/mol. The molecule has 90 valence electrons. The largest absolute Gasteiger partial charge is 0.397 e. The molecule has 0 aromatic heterocycles. The molecule has 0 fully saturated rings. The maximum absolute atomic E-state index is 7.57. The van der Waals surface area contributed by atoms with E-state index in [1.54, 1.807) is 13.0 Å². The Bertz CT molecular complexity index is 52.3. The van der Waals surface area contributed by atoms with E-state index in [0.717, 1.165) is 6.54 Å². The van der Waals surface area contributed by atoms with Crippen LogP contribution in [0.15, 0.2) is 12.7 Å². The summed E-state index contributed by atoms with van der Waals surface area (Å²) in [7, 11) is 0. The molecule has 0 aliphatic heterocycles. The van der Waals surface area contributed by atoms with Crippen LogP contribution in [0.4, 0.5) is 0 Å². The van der Waals surface area contributed by atoms with Crippen molar-refractivity contribution in [3.8, 4) is 0 Å². The van der Waals surface area contributed by atoms with Crippen LogP contribution >= 0.6 is 0 Å². The van der Waals surface area contributed by atoms with Crippen molar-refractivity contribution in [3.05, 3.63) is 12.7 Å². The molecule has 14 heavy (non-hydrogen) atoms. The number of aliphatic hydroxyl groups is 1. The molecule has 0 radical (unpaired) electrons. The normalized spacial score (nSPS) is 6.50. The molecular formula is C12H31NO. The molecule has 0 aromatic rings. The van der Waals surface area contributed by atoms with Crippen molar-refractivity contribution in [2.75, 3.05) is 13.2 Å². The van der Waals surface area contributed by atoms with E-state index in [0.29, 0.717) is 0 Å². The lowest BCUT2D eigenvalue weighted by Gasteiger charge is -1.86. The van der Waals surface area contributed by atoms with Crippen molar-refractivity contribution in [1.82, 2.24) is 0 Å². The van der Waals surface area contributed by atoms with Crippen LogP contribution in [0.1, 0.15) is 53.9 Å². The van der Waals surface area contributed by atoms with Gasteiger partial charge in [0.15, 0.2) is 0 Å². The third-order valence-corrected chi connectivity index (χ3v) is 0.808. The number of hydrogen-bond donors (Lipinski definition) is 2. The number of aliphatic hydroxyl groups excluding tert-OH is 1. The second kappa shape index (κ2) is 53.7. The molecule has 0 saturated carbocycles. The zero-order chi connectivity index (χ0) is 12.2. The van der Waals surface area contributed by atoms with Gasteiger partial charge >= 0.3 is 0 Å². The Labute approximate surface area is 91.2 Å². The van der Waals surface area contributed by atoms with Crippen molar-refractivity contribution in [3.63, 3.8) is 0 Å². The van der Waals surface area contributed by atoms with Crippen molar-refractivity contribution in [2.24, 2.45) is 5.73 Å². The van der Waals surface area contributed by atoms with Gasteiger partial charge in [-0.15, -0.1) is 6.58 Å². The lowest BCUT2D eigenvalue weighted by atomic mass is 10.3. The zero-order valence-electron chi connectivity index (χ0n) is 10.8. The number of hydrogen-bond acceptors (Lipinski definition) is 2. The molecule has 0 amide bonds. The van der Waals surface area contributed by atoms with E-state index in [1.807, 2.05) is 20.8 Å². The van der Waals surface area contributed by atoms with Gasteiger partial charge in [-0.25, -0.2) is 0 Å². The molecule has 0 aromatic carbocycles. The van der Waals surface area contributed by atoms with Crippen LogP contribution < -0.4 is 5.73 Å². The Morgan fingerprint density at radius 2 is 1.50 bits per heavy atom. The summed E-state index contributed by atoms with van der Waals surface area (Å²) in [5, 5.41) is 7.57. The topological polar surface area (TPSA) is 46.2 Å². The summed E-state index contributed by atoms with van der Waals surface area (Å²) in [5.41, 5.74) is 5.21. The minimum Gasteiger partial charge on any atom is -0.397 e. The lowest BCUT2D eigenvalue weighted by molar-refractivity contribution is 0.318. The summed E-state index contributed by atoms with van der Waals surface area (Å²) in [6, 6.07) is 0. The molecule has 0 aliphatic rings. The van der Waals surface area contributed by atoms with E-state index in [4.69, 9.17) is 10.8 Å². The van der Waals surface area contributed by atoms with Gasteiger partial charge in [0.1, 0.15) is 0 Å². The summed E-state index contributed by atoms with van der Waals surface area (Å²) in [4.78, 5) is 0. The van der Waals surface area contributed by atoms with Crippen LogP contribution in [0.25, 0.3) is 0 Å². The fourth-order valence-corrected chi connectivity index (χ4v) is 0.394. The molecule has 2 nitrogen and oxygen atoms in total. The maximum atomic E-state index is 7.57. The zero-order valence-corrected chi connectivity index (χ0v) is 10.8. The third-order valence-electron chi connectivity index (χ3n) is 0.808. The Kier molecular flexibility index (Phi) is 90.0. The molecule has 0 aliphatic carbocycles. The highest BCUT2D eigenvalue weighted by Crippen LogP contribution is 1.88. The molecule has 0 unspecified atom stereocenters. The first-order valence-electron chi connectivity index (χ1n) is 5.62. The SMILES string of the molecule is C=CC.CC.CCCCCN.CCO. The van der Waals surface area contributed by atoms with E-state index in [2.05, 4.69) is 13.5 Å². The van der Waals surface area contributed by atoms with Crippen molar-refractivity contribution < 1.29 is 5.11 Å². The van der Waals surface area contributed by atoms with Gasteiger partial charge in [-0.2, -0.15) is 0 Å². The first-order valence-corrected chi connectivity index (χ1v) is 5.62. The summed E-state index contributed by atoms with van der Waals surface area (Å²) in [5.74, 6) is 0. The van der Waals surface area contributed by atoms with Crippen LogP contribution in [-0.4, -0.2) is 18.3 Å². The number of unbranched alkanes of at least 4 members (excludes halogenated alkanes) is 2. The van der Waals surface area contributed by atoms with Gasteiger partial charge in [0, 0.05) is 6.61 Å². The Morgan fingerprint density at radius 1 is 1.21 bits per heavy atom. The first kappa shape index (κ1) is 23.5. The second-order valence-electron chi connectivity index (χ2n) is 2.22. The van der Waals surface area contributed by atoms with Gasteiger partial charge in [-0.05, 0) is 26.8 Å². The average Bonchev–Trinajstić information content (AvgIpc) is 2.20. The molecular weight excluding hydrogens is 174 g/mol. The summed E-state index contributed by atoms with van der Waals surface area (Å²) in [6.07, 6.45) is 5.50. The van der Waals surface area contributed by atoms with Gasteiger partial charge in [0.05, 0.1) is 0 Å². The highest BCUT2D eigenvalue weighted by molar-refractivity contribution is 4.51. The standard InChI is InChI=1S/C5H13N.C3H6.C2H6O.C2H6/c1-2-3-4-5-6;1-3-2;1-2-3;1-2/h2-6H2,1H3;3H,1H2,2H3;3H,2H2,1H3;1-2H3. The quantitative estimate of drug-likeness (QED) is 0.548. The van der Waals surface area contributed by atoms with Crippen LogP contribution in [0.2, 0.25) is 0 Å². The Balaban J connectivity index is -0.0000000536. The summed E-state index contributed by atoms with van der Waals surface area (Å²) >= 11 is 0. The molecule has 2 heteroatoms. The third kappa shape index (κ3) is 187. The number of allylic oxidation sites excluding steroid dienone is 1. The van der Waals surface area contributed by atoms with Gasteiger partial charge in [-0.3, -0.25) is 0 Å². The molecule has 0 bridgehead atoms. The van der Waals surface area contributed by atoms with Crippen molar-refractivity contribution in [2.45, 2.75) is 53.9 Å². The molecule has 0 saturated heterocycles. The van der Waals surface area contributed by atoms with E-state index >= 15 is 0 Å². The smallest absolute Gasteiger partial charge is 0.0402 e. The fourth-order valence-electron chi connectivity index (χ4n) is 0.394. The average molecular weight is 205 g/mol. The van der Waals surface area contributed by atoms with Crippen molar-refractivity contribution in [1.29, 1.82) is 0 Å². The molecule has 0 spiro atoms. The maximum Gasteiger partial charge on any atom is 0.0402 e. The van der Waals surface area contributed by atoms with Gasteiger partial charge in [-0.1, -0.05) is 39.7 Å². The lowest BCUT2D eigenvalue weighted by Crippen LogP contribution is -1.96. The van der Waals surface area contributed by atoms with E-state index in [-0.39, 0.29) is 6.61 Å². The minimum absolute atomic E-state index is 0.250. The van der Waals surface area contributed by atoms with E-state index < -0.39 is 0 Å². The minimum atomic E-state index is 0.250. The Morgan fingerprint density at radius 3 is 1.57 bits per heavy atom. The van der Waals surface area contributed by atoms with Crippen LogP contribution in [0, 0.1) is 0 Å². The molecule has 0 heterocycles. The van der Waals surface area contributed by atoms with Crippen LogP contribution in [0.3, 0.4) is 0 Å². The first-order chi connectivity index (χ1) is 6.74. The highest BCUT2D eigenvalue weighted by atomic mass is 16.2. The van der Waals surface area contributed by atoms with E-state index in [1.165, 1.54) is 19.3 Å². The molecule has 0 rings (SSSR count). The van der Waals surface area contributed by atoms with Gasteiger partial charge < -0.3 is 10.8 Å². The molecule has 0 atom stereocenters. The number of nitrogens with two attached hydrogens (primary N) is 1. The summed E-state index contributed by atoms with van der Waals surface area (Å²) in [6.45, 7) is 14.2. The van der Waals surface area contributed by atoms with E-state index in [9.17, 15) is 0 Å². The predicted octanol–water partition coefficient (Wildman–Crippen LogP) is 3.35. The summed E-state index contributed by atoms with van der Waals surface area (Å²) < 4.78 is 0. The fraction of sp³-hybridized carbons (Fsp3) is 0.833. The van der Waals surface area contributed by atoms with Crippen molar-refractivity contribution >= 4 is 0 Å². The van der Waals surface area contributed by atoms with Crippen LogP contribution in [-0.2, 0) is 0 Å². The molecule has 3 N–H and O–H groups in total. The van der Waals surface area contributed by atoms with Gasteiger partial charge in [0.2, 0.25) is 0 Å². The monoisotopic (exact) mass is 205 g/mol. The second-order valence-corrected chi connectivity index (χ2v) is 2.22. The van der Waals surface area contributed by atoms with Gasteiger partial charge in [0.25, 0.3) is 0 Å². The highest BCUT2D eigenvalue weighted by Gasteiger charge is 1.75.